The maximum Gasteiger partial charge on any atom is 0.268 e. The Balaban J connectivity index is 1.60. The first-order valence-corrected chi connectivity index (χ1v) is 10.7. The number of benzene rings is 2. The van der Waals surface area contributed by atoms with Crippen molar-refractivity contribution in [3.8, 4) is 28.1 Å². The number of amides is 1. The van der Waals surface area contributed by atoms with Crippen LogP contribution in [0.15, 0.2) is 66.4 Å². The van der Waals surface area contributed by atoms with E-state index in [0.717, 1.165) is 22.6 Å². The number of methoxy groups -OCH3 is 1. The summed E-state index contributed by atoms with van der Waals surface area (Å²) < 4.78 is 21.3. The van der Waals surface area contributed by atoms with Gasteiger partial charge in [-0.1, -0.05) is 29.5 Å². The van der Waals surface area contributed by atoms with Crippen LogP contribution < -0.4 is 10.1 Å². The molecular formula is C24H18FN5O2S. The molecule has 164 valence electrons. The SMILES string of the molecule is COc1ccc(C)cc1-n1cccc1/C=C(/C#N)C(=O)Nc1nnc(-c2ccccc2F)s1. The van der Waals surface area contributed by atoms with Crippen LogP contribution in [0.5, 0.6) is 5.75 Å². The lowest BCUT2D eigenvalue weighted by molar-refractivity contribution is -0.112. The number of hydrogen-bond donors (Lipinski definition) is 1. The summed E-state index contributed by atoms with van der Waals surface area (Å²) in [6.07, 6.45) is 3.30. The first-order valence-electron chi connectivity index (χ1n) is 9.84. The second kappa shape index (κ2) is 9.46. The molecule has 2 aromatic carbocycles. The predicted octanol–water partition coefficient (Wildman–Crippen LogP) is 5.00. The van der Waals surface area contributed by atoms with Crippen LogP contribution in [0.2, 0.25) is 0 Å². The molecule has 0 atom stereocenters. The van der Waals surface area contributed by atoms with Gasteiger partial charge in [-0.2, -0.15) is 5.26 Å². The Bertz CT molecular complexity index is 1400. The molecular weight excluding hydrogens is 441 g/mol. The van der Waals surface area contributed by atoms with Gasteiger partial charge in [-0.15, -0.1) is 10.2 Å². The zero-order valence-electron chi connectivity index (χ0n) is 17.7. The average molecular weight is 460 g/mol. The molecule has 9 heteroatoms. The van der Waals surface area contributed by atoms with Crippen molar-refractivity contribution in [2.24, 2.45) is 0 Å². The monoisotopic (exact) mass is 459 g/mol. The standard InChI is InChI=1S/C24H18FN5O2S/c1-15-9-10-21(32-2)20(12-15)30-11-5-6-17(30)13-16(14-26)22(31)27-24-29-28-23(33-24)18-7-3-4-8-19(18)25/h3-13H,1-2H3,(H,27,29,31)/b16-13-. The number of hydrogen-bond acceptors (Lipinski definition) is 6. The minimum absolute atomic E-state index is 0.121. The van der Waals surface area contributed by atoms with Crippen molar-refractivity contribution in [1.29, 1.82) is 5.26 Å². The number of carbonyl (C=O) groups excluding carboxylic acids is 1. The molecule has 0 spiro atoms. The summed E-state index contributed by atoms with van der Waals surface area (Å²) in [4.78, 5) is 12.7. The third-order valence-corrected chi connectivity index (χ3v) is 5.65. The van der Waals surface area contributed by atoms with E-state index in [1.807, 2.05) is 48.0 Å². The largest absolute Gasteiger partial charge is 0.495 e. The fourth-order valence-electron chi connectivity index (χ4n) is 3.20. The zero-order chi connectivity index (χ0) is 23.4. The Morgan fingerprint density at radius 3 is 2.79 bits per heavy atom. The molecule has 2 heterocycles. The van der Waals surface area contributed by atoms with Gasteiger partial charge < -0.3 is 9.30 Å². The average Bonchev–Trinajstić information content (AvgIpc) is 3.47. The van der Waals surface area contributed by atoms with Gasteiger partial charge in [0.2, 0.25) is 5.13 Å². The van der Waals surface area contributed by atoms with Gasteiger partial charge in [0.25, 0.3) is 5.91 Å². The van der Waals surface area contributed by atoms with Crippen molar-refractivity contribution < 1.29 is 13.9 Å². The second-order valence-electron chi connectivity index (χ2n) is 6.99. The number of nitriles is 1. The molecule has 0 unspecified atom stereocenters. The highest BCUT2D eigenvalue weighted by molar-refractivity contribution is 7.18. The molecule has 7 nitrogen and oxygen atoms in total. The molecule has 1 amide bonds. The van der Waals surface area contributed by atoms with Gasteiger partial charge in [0.1, 0.15) is 23.2 Å². The fourth-order valence-corrected chi connectivity index (χ4v) is 3.96. The fraction of sp³-hybridized carbons (Fsp3) is 0.0833. The summed E-state index contributed by atoms with van der Waals surface area (Å²) in [5.74, 6) is -0.418. The molecule has 0 bridgehead atoms. The van der Waals surface area contributed by atoms with Crippen LogP contribution in [0.4, 0.5) is 9.52 Å². The lowest BCUT2D eigenvalue weighted by Crippen LogP contribution is -2.13. The molecule has 0 saturated carbocycles. The molecule has 0 radical (unpaired) electrons. The van der Waals surface area contributed by atoms with Crippen LogP contribution in [0, 0.1) is 24.1 Å². The van der Waals surface area contributed by atoms with E-state index in [1.165, 1.54) is 12.1 Å². The van der Waals surface area contributed by atoms with E-state index in [0.29, 0.717) is 16.5 Å². The highest BCUT2D eigenvalue weighted by Crippen LogP contribution is 2.29. The van der Waals surface area contributed by atoms with Crippen LogP contribution in [-0.2, 0) is 4.79 Å². The van der Waals surface area contributed by atoms with Gasteiger partial charge in [-0.3, -0.25) is 10.1 Å². The van der Waals surface area contributed by atoms with Crippen LogP contribution in [0.1, 0.15) is 11.3 Å². The van der Waals surface area contributed by atoms with Crippen LogP contribution in [-0.4, -0.2) is 27.8 Å². The van der Waals surface area contributed by atoms with Gasteiger partial charge in [0.15, 0.2) is 5.01 Å². The maximum absolute atomic E-state index is 14.0. The number of halogens is 1. The van der Waals surface area contributed by atoms with Crippen molar-refractivity contribution in [3.63, 3.8) is 0 Å². The lowest BCUT2D eigenvalue weighted by atomic mass is 10.2. The van der Waals surface area contributed by atoms with E-state index in [2.05, 4.69) is 15.5 Å². The quantitative estimate of drug-likeness (QED) is 0.324. The molecule has 0 aliphatic heterocycles. The molecule has 0 fully saturated rings. The summed E-state index contributed by atoms with van der Waals surface area (Å²) in [6, 6.07) is 17.4. The smallest absolute Gasteiger partial charge is 0.268 e. The number of nitrogens with zero attached hydrogens (tertiary/aromatic N) is 4. The van der Waals surface area contributed by atoms with E-state index >= 15 is 0 Å². The molecule has 0 aliphatic carbocycles. The topological polar surface area (TPSA) is 92.8 Å². The second-order valence-corrected chi connectivity index (χ2v) is 7.97. The third kappa shape index (κ3) is 4.66. The lowest BCUT2D eigenvalue weighted by Gasteiger charge is -2.13. The van der Waals surface area contributed by atoms with E-state index in [4.69, 9.17) is 4.74 Å². The number of anilines is 1. The van der Waals surface area contributed by atoms with E-state index < -0.39 is 11.7 Å². The van der Waals surface area contributed by atoms with Gasteiger partial charge in [-0.05, 0) is 55.0 Å². The van der Waals surface area contributed by atoms with E-state index in [9.17, 15) is 14.4 Å². The highest BCUT2D eigenvalue weighted by atomic mass is 32.1. The number of ether oxygens (including phenoxy) is 1. The van der Waals surface area contributed by atoms with Crippen LogP contribution in [0.25, 0.3) is 22.3 Å². The molecule has 33 heavy (non-hydrogen) atoms. The summed E-state index contributed by atoms with van der Waals surface area (Å²) >= 11 is 1.02. The first-order chi connectivity index (χ1) is 16.0. The van der Waals surface area contributed by atoms with Crippen molar-refractivity contribution in [2.45, 2.75) is 6.92 Å². The Morgan fingerprint density at radius 2 is 2.03 bits per heavy atom. The van der Waals surface area contributed by atoms with Gasteiger partial charge in [0.05, 0.1) is 12.8 Å². The van der Waals surface area contributed by atoms with Crippen molar-refractivity contribution in [2.75, 3.05) is 12.4 Å². The highest BCUT2D eigenvalue weighted by Gasteiger charge is 2.16. The van der Waals surface area contributed by atoms with E-state index in [-0.39, 0.29) is 16.3 Å². The Hall–Kier alpha value is -4.29. The van der Waals surface area contributed by atoms with Crippen molar-refractivity contribution in [1.82, 2.24) is 14.8 Å². The normalized spacial score (nSPS) is 11.2. The maximum atomic E-state index is 14.0. The summed E-state index contributed by atoms with van der Waals surface area (Å²) in [7, 11) is 1.58. The predicted molar refractivity (Wildman–Crippen MR) is 125 cm³/mol. The minimum atomic E-state index is -0.641. The number of aromatic nitrogens is 3. The molecule has 0 aliphatic rings. The number of nitrogens with one attached hydrogen (secondary N) is 1. The molecule has 4 rings (SSSR count). The Morgan fingerprint density at radius 1 is 1.21 bits per heavy atom. The number of carbonyl (C=O) groups is 1. The molecule has 1 N–H and O–H groups in total. The van der Waals surface area contributed by atoms with Gasteiger partial charge in [0, 0.05) is 17.5 Å². The summed E-state index contributed by atoms with van der Waals surface area (Å²) in [5, 5.41) is 20.5. The van der Waals surface area contributed by atoms with Crippen LogP contribution >= 0.6 is 11.3 Å². The van der Waals surface area contributed by atoms with Crippen LogP contribution in [0.3, 0.4) is 0 Å². The molecule has 2 aromatic heterocycles. The Labute approximate surface area is 193 Å². The molecule has 4 aromatic rings. The third-order valence-electron chi connectivity index (χ3n) is 4.78. The summed E-state index contributed by atoms with van der Waals surface area (Å²) in [5.41, 5.74) is 2.61. The number of aryl methyl sites for hydroxylation is 1. The van der Waals surface area contributed by atoms with Crippen molar-refractivity contribution >= 4 is 28.5 Å². The number of rotatable bonds is 6. The minimum Gasteiger partial charge on any atom is -0.495 e. The first kappa shape index (κ1) is 21.9. The van der Waals surface area contributed by atoms with Gasteiger partial charge >= 0.3 is 0 Å². The van der Waals surface area contributed by atoms with Gasteiger partial charge in [-0.25, -0.2) is 4.39 Å². The van der Waals surface area contributed by atoms with Crippen molar-refractivity contribution in [3.05, 3.63) is 83.4 Å². The summed E-state index contributed by atoms with van der Waals surface area (Å²) in [6.45, 7) is 1.97. The Kier molecular flexibility index (Phi) is 6.29. The molecule has 0 saturated heterocycles. The van der Waals surface area contributed by atoms with E-state index in [1.54, 1.807) is 31.4 Å². The zero-order valence-corrected chi connectivity index (χ0v) is 18.6.